The van der Waals surface area contributed by atoms with Gasteiger partial charge in [-0.25, -0.2) is 0 Å². The highest BCUT2D eigenvalue weighted by Gasteiger charge is 2.53. The van der Waals surface area contributed by atoms with Crippen LogP contribution in [0.25, 0.3) is 0 Å². The Morgan fingerprint density at radius 1 is 1.47 bits per heavy atom. The van der Waals surface area contributed by atoms with Gasteiger partial charge in [0.15, 0.2) is 12.6 Å². The van der Waals surface area contributed by atoms with Crippen molar-refractivity contribution in [1.29, 1.82) is 0 Å². The average molecular weight is 212 g/mol. The van der Waals surface area contributed by atoms with E-state index in [1.165, 1.54) is 0 Å². The second-order valence-electron chi connectivity index (χ2n) is 3.93. The highest BCUT2D eigenvalue weighted by atomic mass is 16.9. The predicted molar refractivity (Wildman–Crippen MR) is 52.9 cm³/mol. The zero-order valence-corrected chi connectivity index (χ0v) is 9.06. The van der Waals surface area contributed by atoms with E-state index in [0.29, 0.717) is 19.4 Å². The highest BCUT2D eigenvalue weighted by Crippen LogP contribution is 2.44. The van der Waals surface area contributed by atoms with Gasteiger partial charge in [0.25, 0.3) is 0 Å². The Bertz CT molecular complexity index is 270. The Morgan fingerprint density at radius 3 is 2.53 bits per heavy atom. The summed E-state index contributed by atoms with van der Waals surface area (Å²) in [5.74, 6) is -0.216. The summed E-state index contributed by atoms with van der Waals surface area (Å²) in [6.45, 7) is 4.01. The average Bonchev–Trinajstić information content (AvgIpc) is 2.63. The van der Waals surface area contributed by atoms with Crippen LogP contribution in [0.4, 0.5) is 0 Å². The smallest absolute Gasteiger partial charge is 0.317 e. The molecule has 0 aromatic heterocycles. The molecule has 2 rings (SSSR count). The molecule has 0 N–H and O–H groups in total. The molecular weight excluding hydrogens is 196 g/mol. The minimum Gasteiger partial charge on any atom is -0.465 e. The van der Waals surface area contributed by atoms with Crippen LogP contribution in [-0.4, -0.2) is 25.2 Å². The van der Waals surface area contributed by atoms with Gasteiger partial charge in [0.1, 0.15) is 5.41 Å². The molecule has 0 atom stereocenters. The lowest BCUT2D eigenvalue weighted by atomic mass is 9.84. The third-order valence-corrected chi connectivity index (χ3v) is 2.89. The van der Waals surface area contributed by atoms with Gasteiger partial charge in [-0.3, -0.25) is 4.79 Å². The van der Waals surface area contributed by atoms with Crippen LogP contribution in [0.5, 0.6) is 0 Å². The molecule has 1 saturated heterocycles. The van der Waals surface area contributed by atoms with Crippen molar-refractivity contribution in [3.8, 4) is 0 Å². The van der Waals surface area contributed by atoms with Gasteiger partial charge >= 0.3 is 5.97 Å². The van der Waals surface area contributed by atoms with Gasteiger partial charge in [0, 0.05) is 0 Å². The molecule has 4 heteroatoms. The molecule has 1 aliphatic heterocycles. The first-order valence-electron chi connectivity index (χ1n) is 5.32. The summed E-state index contributed by atoms with van der Waals surface area (Å²) in [5.41, 5.74) is -0.636. The summed E-state index contributed by atoms with van der Waals surface area (Å²) in [6.07, 6.45) is 4.59. The molecule has 0 unspecified atom stereocenters. The van der Waals surface area contributed by atoms with Crippen LogP contribution in [0.2, 0.25) is 0 Å². The van der Waals surface area contributed by atoms with Gasteiger partial charge in [-0.05, 0) is 26.7 Å². The first-order chi connectivity index (χ1) is 7.19. The van der Waals surface area contributed by atoms with Gasteiger partial charge in [-0.2, -0.15) is 0 Å². The topological polar surface area (TPSA) is 44.8 Å². The predicted octanol–water partition coefficient (Wildman–Crippen LogP) is 1.60. The van der Waals surface area contributed by atoms with Crippen molar-refractivity contribution in [3.63, 3.8) is 0 Å². The molecule has 1 fully saturated rings. The van der Waals surface area contributed by atoms with Gasteiger partial charge in [-0.1, -0.05) is 12.2 Å². The molecule has 4 nitrogen and oxygen atoms in total. The number of allylic oxidation sites excluding steroid dienone is 2. The normalized spacial score (nSPS) is 32.4. The van der Waals surface area contributed by atoms with Crippen LogP contribution in [0, 0.1) is 5.41 Å². The fraction of sp³-hybridized carbons (Fsp3) is 0.727. The van der Waals surface area contributed by atoms with Crippen molar-refractivity contribution < 1.29 is 19.0 Å². The first kappa shape index (κ1) is 10.6. The number of ether oxygens (including phenoxy) is 3. The Morgan fingerprint density at radius 2 is 2.07 bits per heavy atom. The molecule has 0 saturated carbocycles. The van der Waals surface area contributed by atoms with E-state index in [9.17, 15) is 4.79 Å². The quantitative estimate of drug-likeness (QED) is 0.526. The summed E-state index contributed by atoms with van der Waals surface area (Å²) >= 11 is 0. The summed E-state index contributed by atoms with van der Waals surface area (Å²) < 4.78 is 15.9. The molecule has 0 aromatic carbocycles. The third-order valence-electron chi connectivity index (χ3n) is 2.89. The Labute approximate surface area is 89.2 Å². The number of rotatable bonds is 3. The van der Waals surface area contributed by atoms with Crippen molar-refractivity contribution in [2.45, 2.75) is 39.3 Å². The van der Waals surface area contributed by atoms with Crippen molar-refractivity contribution in [2.75, 3.05) is 6.61 Å². The molecule has 0 radical (unpaired) electrons. The van der Waals surface area contributed by atoms with E-state index in [1.54, 1.807) is 6.92 Å². The molecule has 0 spiro atoms. The Kier molecular flexibility index (Phi) is 2.80. The van der Waals surface area contributed by atoms with Crippen molar-refractivity contribution in [1.82, 2.24) is 0 Å². The summed E-state index contributed by atoms with van der Waals surface area (Å²) in [5, 5.41) is 0. The van der Waals surface area contributed by atoms with Gasteiger partial charge in [0.05, 0.1) is 6.61 Å². The summed E-state index contributed by atoms with van der Waals surface area (Å²) in [7, 11) is 0. The zero-order valence-electron chi connectivity index (χ0n) is 9.06. The Hall–Kier alpha value is -0.870. The van der Waals surface area contributed by atoms with E-state index >= 15 is 0 Å². The number of hydrogen-bond acceptors (Lipinski definition) is 4. The number of carbonyl (C=O) groups is 1. The fourth-order valence-electron chi connectivity index (χ4n) is 2.02. The second kappa shape index (κ2) is 3.94. The minimum atomic E-state index is -0.636. The lowest BCUT2D eigenvalue weighted by molar-refractivity contribution is -0.405. The van der Waals surface area contributed by atoms with E-state index < -0.39 is 11.7 Å². The standard InChI is InChI=1S/C11H16O4/c1-3-13-9(12)11(6-4-5-7-11)10-14-8(2)15-10/h4-5,8,10H,3,6-7H2,1-2H3. The molecule has 84 valence electrons. The zero-order chi connectivity index (χ0) is 10.9. The highest BCUT2D eigenvalue weighted by molar-refractivity contribution is 5.78. The van der Waals surface area contributed by atoms with E-state index in [2.05, 4.69) is 0 Å². The monoisotopic (exact) mass is 212 g/mol. The van der Waals surface area contributed by atoms with Gasteiger partial charge in [0.2, 0.25) is 0 Å². The van der Waals surface area contributed by atoms with Crippen LogP contribution in [0.15, 0.2) is 12.2 Å². The van der Waals surface area contributed by atoms with Crippen LogP contribution in [0.3, 0.4) is 0 Å². The lowest BCUT2D eigenvalue weighted by Crippen LogP contribution is -2.54. The molecule has 0 amide bonds. The molecule has 1 heterocycles. The van der Waals surface area contributed by atoms with Gasteiger partial charge in [-0.15, -0.1) is 0 Å². The summed E-state index contributed by atoms with van der Waals surface area (Å²) in [6, 6.07) is 0. The van der Waals surface area contributed by atoms with E-state index in [4.69, 9.17) is 14.2 Å². The largest absolute Gasteiger partial charge is 0.465 e. The maximum absolute atomic E-state index is 11.9. The third kappa shape index (κ3) is 1.68. The number of hydrogen-bond donors (Lipinski definition) is 0. The summed E-state index contributed by atoms with van der Waals surface area (Å²) in [4.78, 5) is 11.9. The first-order valence-corrected chi connectivity index (χ1v) is 5.32. The fourth-order valence-corrected chi connectivity index (χ4v) is 2.02. The molecule has 1 aliphatic carbocycles. The van der Waals surface area contributed by atoms with Gasteiger partial charge < -0.3 is 14.2 Å². The lowest BCUT2D eigenvalue weighted by Gasteiger charge is -2.43. The molecular formula is C11H16O4. The minimum absolute atomic E-state index is 0.207. The van der Waals surface area contributed by atoms with E-state index in [-0.39, 0.29) is 12.3 Å². The maximum atomic E-state index is 11.9. The molecule has 15 heavy (non-hydrogen) atoms. The van der Waals surface area contributed by atoms with Crippen molar-refractivity contribution in [3.05, 3.63) is 12.2 Å². The van der Waals surface area contributed by atoms with E-state index in [0.717, 1.165) is 0 Å². The SMILES string of the molecule is CCOC(=O)C1(C2OC(C)O2)CC=CC1. The molecule has 2 aliphatic rings. The Balaban J connectivity index is 2.07. The van der Waals surface area contributed by atoms with E-state index in [1.807, 2.05) is 19.1 Å². The van der Waals surface area contributed by atoms with Crippen LogP contribution >= 0.6 is 0 Å². The van der Waals surface area contributed by atoms with Crippen molar-refractivity contribution in [2.24, 2.45) is 5.41 Å². The van der Waals surface area contributed by atoms with Crippen LogP contribution < -0.4 is 0 Å². The number of esters is 1. The van der Waals surface area contributed by atoms with Crippen molar-refractivity contribution >= 4 is 5.97 Å². The van der Waals surface area contributed by atoms with Crippen LogP contribution in [-0.2, 0) is 19.0 Å². The van der Waals surface area contributed by atoms with Crippen LogP contribution in [0.1, 0.15) is 26.7 Å². The maximum Gasteiger partial charge on any atom is 0.317 e. The molecule has 0 aromatic rings. The number of carbonyl (C=O) groups excluding carboxylic acids is 1. The molecule has 0 bridgehead atoms. The second-order valence-corrected chi connectivity index (χ2v) is 3.93.